The summed E-state index contributed by atoms with van der Waals surface area (Å²) in [5.74, 6) is 0.640. The minimum absolute atomic E-state index is 0.270. The van der Waals surface area contributed by atoms with Gasteiger partial charge in [-0.1, -0.05) is 6.07 Å². The average Bonchev–Trinajstić information content (AvgIpc) is 3.25. The predicted molar refractivity (Wildman–Crippen MR) is 103 cm³/mol. The number of likely N-dealkylation sites (tertiary alicyclic amines) is 1. The lowest BCUT2D eigenvalue weighted by atomic mass is 10.0. The number of thiophene rings is 2. The molecule has 0 radical (unpaired) electrons. The lowest BCUT2D eigenvalue weighted by Gasteiger charge is -2.32. The summed E-state index contributed by atoms with van der Waals surface area (Å²) in [4.78, 5) is 13.1. The molecule has 4 nitrogen and oxygen atoms in total. The van der Waals surface area contributed by atoms with Gasteiger partial charge in [0, 0.05) is 35.4 Å². The van der Waals surface area contributed by atoms with Crippen molar-refractivity contribution in [3.63, 3.8) is 0 Å². The monoisotopic (exact) mass is 412 g/mol. The van der Waals surface area contributed by atoms with Crippen molar-refractivity contribution in [1.29, 1.82) is 0 Å². The maximum absolute atomic E-state index is 12.7. The molecule has 144 valence electrons. The molecule has 0 atom stereocenters. The third-order valence-electron chi connectivity index (χ3n) is 4.64. The van der Waals surface area contributed by atoms with Gasteiger partial charge in [0.05, 0.1) is 11.8 Å². The molecule has 0 bridgehead atoms. The fraction of sp³-hybridized carbons (Fsp3) is 0.444. The molecule has 27 heavy (non-hydrogen) atoms. The number of fused-ring (bicyclic) bond motifs is 1. The Kier molecular flexibility index (Phi) is 5.34. The van der Waals surface area contributed by atoms with Crippen LogP contribution >= 0.6 is 22.7 Å². The molecule has 3 aromatic heterocycles. The zero-order valence-electron chi connectivity index (χ0n) is 14.5. The Morgan fingerprint density at radius 1 is 1.19 bits per heavy atom. The first-order valence-corrected chi connectivity index (χ1v) is 10.5. The largest absolute Gasteiger partial charge is 0.393 e. The highest BCUT2D eigenvalue weighted by molar-refractivity contribution is 7.18. The molecule has 0 unspecified atom stereocenters. The van der Waals surface area contributed by atoms with Gasteiger partial charge in [0.1, 0.15) is 17.0 Å². The average molecular weight is 413 g/mol. The van der Waals surface area contributed by atoms with E-state index in [2.05, 4.69) is 37.7 Å². The third-order valence-corrected chi connectivity index (χ3v) is 6.55. The van der Waals surface area contributed by atoms with E-state index < -0.39 is 12.6 Å². The fourth-order valence-corrected chi connectivity index (χ4v) is 5.13. The van der Waals surface area contributed by atoms with Gasteiger partial charge in [0.2, 0.25) is 0 Å². The minimum atomic E-state index is -4.21. The second kappa shape index (κ2) is 7.73. The van der Waals surface area contributed by atoms with Crippen LogP contribution < -0.4 is 5.32 Å². The summed E-state index contributed by atoms with van der Waals surface area (Å²) >= 11 is 2.86. The zero-order chi connectivity index (χ0) is 18.9. The summed E-state index contributed by atoms with van der Waals surface area (Å²) in [6.07, 6.45) is -1.75. The number of hydrogen-bond acceptors (Lipinski definition) is 6. The Morgan fingerprint density at radius 2 is 2.00 bits per heavy atom. The molecular weight excluding hydrogens is 393 g/mol. The molecule has 0 aliphatic carbocycles. The maximum Gasteiger partial charge on any atom is 0.393 e. The number of anilines is 1. The molecule has 0 saturated carbocycles. The van der Waals surface area contributed by atoms with Crippen molar-refractivity contribution in [2.24, 2.45) is 0 Å². The third kappa shape index (κ3) is 4.77. The normalized spacial score (nSPS) is 16.9. The van der Waals surface area contributed by atoms with Gasteiger partial charge in [-0.15, -0.1) is 22.7 Å². The Labute approximate surface area is 163 Å². The van der Waals surface area contributed by atoms with Crippen LogP contribution in [0.4, 0.5) is 19.0 Å². The molecule has 1 saturated heterocycles. The molecule has 3 aromatic rings. The van der Waals surface area contributed by atoms with E-state index in [0.29, 0.717) is 16.0 Å². The van der Waals surface area contributed by atoms with Gasteiger partial charge < -0.3 is 5.32 Å². The SMILES string of the molecule is FC(F)(F)Cc1cc2c(NC3CCN(Cc4cccs4)CC3)ncnc2s1. The molecule has 0 aromatic carbocycles. The van der Waals surface area contributed by atoms with Crippen molar-refractivity contribution in [3.05, 3.63) is 39.7 Å². The van der Waals surface area contributed by atoms with Crippen molar-refractivity contribution in [2.45, 2.75) is 38.0 Å². The van der Waals surface area contributed by atoms with Crippen LogP contribution in [0.25, 0.3) is 10.2 Å². The second-order valence-corrected chi connectivity index (χ2v) is 8.87. The predicted octanol–water partition coefficient (Wildman–Crippen LogP) is 4.93. The Balaban J connectivity index is 1.40. The molecule has 1 aliphatic heterocycles. The minimum Gasteiger partial charge on any atom is -0.367 e. The Bertz CT molecular complexity index is 884. The topological polar surface area (TPSA) is 41.0 Å². The van der Waals surface area contributed by atoms with Gasteiger partial charge in [0.15, 0.2) is 0 Å². The van der Waals surface area contributed by atoms with E-state index in [0.717, 1.165) is 43.8 Å². The first kappa shape index (κ1) is 18.6. The molecule has 1 fully saturated rings. The van der Waals surface area contributed by atoms with E-state index in [4.69, 9.17) is 0 Å². The zero-order valence-corrected chi connectivity index (χ0v) is 16.1. The first-order chi connectivity index (χ1) is 13.0. The number of halogens is 3. The second-order valence-electron chi connectivity index (χ2n) is 6.72. The van der Waals surface area contributed by atoms with Crippen LogP contribution in [-0.4, -0.2) is 40.2 Å². The molecule has 9 heteroatoms. The summed E-state index contributed by atoms with van der Waals surface area (Å²) in [6, 6.07) is 6.07. The molecule has 4 rings (SSSR count). The highest BCUT2D eigenvalue weighted by Gasteiger charge is 2.29. The molecule has 0 spiro atoms. The van der Waals surface area contributed by atoms with E-state index in [1.54, 1.807) is 17.4 Å². The van der Waals surface area contributed by atoms with Crippen molar-refractivity contribution in [1.82, 2.24) is 14.9 Å². The van der Waals surface area contributed by atoms with E-state index >= 15 is 0 Å². The van der Waals surface area contributed by atoms with E-state index in [1.807, 2.05) is 0 Å². The van der Waals surface area contributed by atoms with E-state index in [1.165, 1.54) is 11.2 Å². The van der Waals surface area contributed by atoms with Gasteiger partial charge in [-0.3, -0.25) is 4.90 Å². The summed E-state index contributed by atoms with van der Waals surface area (Å²) in [5.41, 5.74) is 0. The summed E-state index contributed by atoms with van der Waals surface area (Å²) < 4.78 is 38.0. The van der Waals surface area contributed by atoms with Gasteiger partial charge in [0.25, 0.3) is 0 Å². The van der Waals surface area contributed by atoms with Crippen LogP contribution in [0.3, 0.4) is 0 Å². The number of nitrogens with one attached hydrogen (secondary N) is 1. The summed E-state index contributed by atoms with van der Waals surface area (Å²) in [7, 11) is 0. The molecule has 4 heterocycles. The van der Waals surface area contributed by atoms with Crippen LogP contribution in [-0.2, 0) is 13.0 Å². The van der Waals surface area contributed by atoms with Gasteiger partial charge in [-0.2, -0.15) is 13.2 Å². The van der Waals surface area contributed by atoms with E-state index in [-0.39, 0.29) is 10.9 Å². The number of piperidine rings is 1. The van der Waals surface area contributed by atoms with Crippen LogP contribution in [0.1, 0.15) is 22.6 Å². The van der Waals surface area contributed by atoms with E-state index in [9.17, 15) is 13.2 Å². The number of hydrogen-bond donors (Lipinski definition) is 1. The molecule has 1 aliphatic rings. The molecule has 1 N–H and O–H groups in total. The highest BCUT2D eigenvalue weighted by Crippen LogP contribution is 2.33. The summed E-state index contributed by atoms with van der Waals surface area (Å²) in [5, 5.41) is 6.21. The lowest BCUT2D eigenvalue weighted by molar-refractivity contribution is -0.126. The molecule has 0 amide bonds. The fourth-order valence-electron chi connectivity index (χ4n) is 3.36. The van der Waals surface area contributed by atoms with Crippen molar-refractivity contribution in [2.75, 3.05) is 18.4 Å². The van der Waals surface area contributed by atoms with Crippen LogP contribution in [0.2, 0.25) is 0 Å². The maximum atomic E-state index is 12.7. The van der Waals surface area contributed by atoms with Gasteiger partial charge in [-0.25, -0.2) is 9.97 Å². The smallest absolute Gasteiger partial charge is 0.367 e. The highest BCUT2D eigenvalue weighted by atomic mass is 32.1. The van der Waals surface area contributed by atoms with Gasteiger partial charge in [-0.05, 0) is 30.4 Å². The number of rotatable bonds is 5. The van der Waals surface area contributed by atoms with Crippen LogP contribution in [0.15, 0.2) is 29.9 Å². The first-order valence-electron chi connectivity index (χ1n) is 8.78. The standard InChI is InChI=1S/C18H19F3N4S2/c19-18(20,21)9-14-8-15-16(22-11-23-17(15)27-14)24-12-3-5-25(6-4-12)10-13-2-1-7-26-13/h1-2,7-8,11-12H,3-6,9-10H2,(H,22,23,24). The van der Waals surface area contributed by atoms with Gasteiger partial charge >= 0.3 is 6.18 Å². The number of aromatic nitrogens is 2. The number of nitrogens with zero attached hydrogens (tertiary/aromatic N) is 3. The van der Waals surface area contributed by atoms with Crippen LogP contribution in [0.5, 0.6) is 0 Å². The lowest BCUT2D eigenvalue weighted by Crippen LogP contribution is -2.38. The number of alkyl halides is 3. The van der Waals surface area contributed by atoms with Crippen molar-refractivity contribution in [3.8, 4) is 0 Å². The Morgan fingerprint density at radius 3 is 2.70 bits per heavy atom. The van der Waals surface area contributed by atoms with Crippen molar-refractivity contribution < 1.29 is 13.2 Å². The molecular formula is C18H19F3N4S2. The Hall–Kier alpha value is -1.71. The van der Waals surface area contributed by atoms with Crippen LogP contribution in [0, 0.1) is 0 Å². The van der Waals surface area contributed by atoms with Crippen molar-refractivity contribution >= 4 is 38.7 Å². The summed E-state index contributed by atoms with van der Waals surface area (Å²) in [6.45, 7) is 2.97. The quantitative estimate of drug-likeness (QED) is 0.645.